The van der Waals surface area contributed by atoms with Gasteiger partial charge in [0.1, 0.15) is 6.67 Å². The minimum Gasteiger partial charge on any atom is -0.324 e. The molecule has 2 nitrogen and oxygen atoms in total. The van der Waals surface area contributed by atoms with E-state index in [0.717, 1.165) is 0 Å². The normalized spacial score (nSPS) is 23.1. The number of quaternary nitrogens is 1. The second-order valence-corrected chi connectivity index (χ2v) is 4.75. The summed E-state index contributed by atoms with van der Waals surface area (Å²) in [7, 11) is 2.29. The Morgan fingerprint density at radius 1 is 1.07 bits per heavy atom. The smallest absolute Gasteiger partial charge is 0.133 e. The molecular weight excluding hydrogens is 172 g/mol. The monoisotopic (exact) mass is 199 g/mol. The fourth-order valence-corrected chi connectivity index (χ4v) is 2.20. The fraction of sp³-hybridized carbons (Fsp3) is 1.00. The van der Waals surface area contributed by atoms with Crippen LogP contribution in [0.4, 0.5) is 0 Å². The van der Waals surface area contributed by atoms with Gasteiger partial charge < -0.3 is 4.90 Å². The third kappa shape index (κ3) is 4.97. The molecule has 0 aliphatic carbocycles. The Morgan fingerprint density at radius 3 is 2.43 bits per heavy atom. The van der Waals surface area contributed by atoms with Gasteiger partial charge in [0.15, 0.2) is 0 Å². The van der Waals surface area contributed by atoms with E-state index in [-0.39, 0.29) is 0 Å². The van der Waals surface area contributed by atoms with Gasteiger partial charge in [-0.15, -0.1) is 0 Å². The van der Waals surface area contributed by atoms with Gasteiger partial charge in [0.2, 0.25) is 0 Å². The summed E-state index contributed by atoms with van der Waals surface area (Å²) in [6, 6.07) is 0. The molecule has 0 radical (unpaired) electrons. The van der Waals surface area contributed by atoms with Crippen LogP contribution in [0.3, 0.4) is 0 Å². The average molecular weight is 199 g/mol. The molecule has 84 valence electrons. The van der Waals surface area contributed by atoms with Crippen molar-refractivity contribution in [2.75, 3.05) is 33.4 Å². The number of hydrogen-bond acceptors (Lipinski definition) is 1. The average Bonchev–Trinajstić information content (AvgIpc) is 2.58. The highest BCUT2D eigenvalue weighted by molar-refractivity contribution is 4.56. The van der Waals surface area contributed by atoms with Crippen molar-refractivity contribution in [2.45, 2.75) is 45.4 Å². The Morgan fingerprint density at radius 2 is 1.79 bits per heavy atom. The molecule has 1 aliphatic rings. The van der Waals surface area contributed by atoms with Crippen molar-refractivity contribution >= 4 is 0 Å². The number of hydrogen-bond donors (Lipinski definition) is 1. The van der Waals surface area contributed by atoms with Crippen LogP contribution in [0, 0.1) is 0 Å². The van der Waals surface area contributed by atoms with E-state index in [9.17, 15) is 0 Å². The van der Waals surface area contributed by atoms with Gasteiger partial charge >= 0.3 is 0 Å². The van der Waals surface area contributed by atoms with Gasteiger partial charge in [0.25, 0.3) is 0 Å². The standard InChI is InChI=1S/C12H26N2/c1-3-4-5-6-7-8-9-14-11-10-13(2)12-14/h3-12H2,1-2H3/p+1. The molecular formula is C12H27N2+. The van der Waals surface area contributed by atoms with Crippen LogP contribution in [0.5, 0.6) is 0 Å². The topological polar surface area (TPSA) is 7.68 Å². The summed E-state index contributed by atoms with van der Waals surface area (Å²) < 4.78 is 0. The maximum atomic E-state index is 2.61. The number of rotatable bonds is 7. The first-order valence-corrected chi connectivity index (χ1v) is 6.36. The van der Waals surface area contributed by atoms with Crippen LogP contribution < -0.4 is 4.90 Å². The van der Waals surface area contributed by atoms with Crippen molar-refractivity contribution in [3.8, 4) is 0 Å². The summed E-state index contributed by atoms with van der Waals surface area (Å²) in [6.07, 6.45) is 8.54. The summed E-state index contributed by atoms with van der Waals surface area (Å²) in [6.45, 7) is 7.55. The maximum absolute atomic E-state index is 2.61. The maximum Gasteiger partial charge on any atom is 0.133 e. The number of nitrogens with one attached hydrogen (secondary N) is 1. The zero-order chi connectivity index (χ0) is 10.2. The van der Waals surface area contributed by atoms with Gasteiger partial charge in [-0.2, -0.15) is 0 Å². The summed E-state index contributed by atoms with van der Waals surface area (Å²) in [5, 5.41) is 0. The Balaban J connectivity index is 1.84. The molecule has 1 rings (SSSR count). The molecule has 2 heteroatoms. The van der Waals surface area contributed by atoms with E-state index in [1.54, 1.807) is 4.90 Å². The van der Waals surface area contributed by atoms with Crippen LogP contribution in [0.25, 0.3) is 0 Å². The molecule has 0 amide bonds. The predicted molar refractivity (Wildman–Crippen MR) is 61.6 cm³/mol. The van der Waals surface area contributed by atoms with Crippen molar-refractivity contribution in [3.63, 3.8) is 0 Å². The second kappa shape index (κ2) is 7.24. The Hall–Kier alpha value is -0.0800. The molecule has 1 heterocycles. The molecule has 0 spiro atoms. The minimum atomic E-state index is 1.27. The van der Waals surface area contributed by atoms with Gasteiger partial charge in [-0.25, -0.2) is 0 Å². The highest BCUT2D eigenvalue weighted by atomic mass is 15.4. The first-order chi connectivity index (χ1) is 6.83. The van der Waals surface area contributed by atoms with E-state index >= 15 is 0 Å². The van der Waals surface area contributed by atoms with E-state index in [1.807, 2.05) is 0 Å². The number of unbranched alkanes of at least 4 members (excludes halogenated alkanes) is 5. The molecule has 0 aromatic heterocycles. The lowest BCUT2D eigenvalue weighted by Gasteiger charge is -2.12. The molecule has 0 saturated carbocycles. The van der Waals surface area contributed by atoms with Crippen LogP contribution in [-0.2, 0) is 0 Å². The Kier molecular flexibility index (Phi) is 6.20. The van der Waals surface area contributed by atoms with Gasteiger partial charge in [-0.1, -0.05) is 39.0 Å². The van der Waals surface area contributed by atoms with Crippen molar-refractivity contribution in [1.82, 2.24) is 4.90 Å². The van der Waals surface area contributed by atoms with Crippen LogP contribution in [-0.4, -0.2) is 38.3 Å². The van der Waals surface area contributed by atoms with Gasteiger partial charge in [0.05, 0.1) is 20.1 Å². The highest BCUT2D eigenvalue weighted by Crippen LogP contribution is 2.05. The molecule has 1 atom stereocenters. The molecule has 1 fully saturated rings. The molecule has 14 heavy (non-hydrogen) atoms. The quantitative estimate of drug-likeness (QED) is 0.604. The van der Waals surface area contributed by atoms with Crippen molar-refractivity contribution < 1.29 is 4.90 Å². The van der Waals surface area contributed by atoms with Crippen molar-refractivity contribution in [3.05, 3.63) is 0 Å². The summed E-state index contributed by atoms with van der Waals surface area (Å²) in [4.78, 5) is 4.28. The summed E-state index contributed by atoms with van der Waals surface area (Å²) >= 11 is 0. The van der Waals surface area contributed by atoms with E-state index in [1.165, 1.54) is 64.8 Å². The lowest BCUT2D eigenvalue weighted by atomic mass is 10.1. The molecule has 1 aliphatic heterocycles. The number of nitrogens with zero attached hydrogens (tertiary/aromatic N) is 1. The van der Waals surface area contributed by atoms with Crippen molar-refractivity contribution in [1.29, 1.82) is 0 Å². The second-order valence-electron chi connectivity index (χ2n) is 4.75. The van der Waals surface area contributed by atoms with E-state index < -0.39 is 0 Å². The summed E-state index contributed by atoms with van der Waals surface area (Å²) in [5.41, 5.74) is 0. The Bertz CT molecular complexity index is 136. The zero-order valence-electron chi connectivity index (χ0n) is 10.0. The largest absolute Gasteiger partial charge is 0.324 e. The van der Waals surface area contributed by atoms with Crippen LogP contribution in [0.1, 0.15) is 45.4 Å². The molecule has 1 N–H and O–H groups in total. The fourth-order valence-electron chi connectivity index (χ4n) is 2.20. The predicted octanol–water partition coefficient (Wildman–Crippen LogP) is 1.13. The molecule has 1 unspecified atom stereocenters. The third-order valence-corrected chi connectivity index (χ3v) is 3.18. The van der Waals surface area contributed by atoms with Crippen LogP contribution >= 0.6 is 0 Å². The first-order valence-electron chi connectivity index (χ1n) is 6.36. The van der Waals surface area contributed by atoms with E-state index in [2.05, 4.69) is 18.9 Å². The third-order valence-electron chi connectivity index (χ3n) is 3.18. The zero-order valence-corrected chi connectivity index (χ0v) is 10.0. The van der Waals surface area contributed by atoms with Gasteiger partial charge in [-0.05, 0) is 6.42 Å². The molecule has 0 aromatic carbocycles. The lowest BCUT2D eigenvalue weighted by Crippen LogP contribution is -3.07. The Labute approximate surface area is 89.3 Å². The highest BCUT2D eigenvalue weighted by Gasteiger charge is 2.18. The van der Waals surface area contributed by atoms with E-state index in [4.69, 9.17) is 0 Å². The first kappa shape index (κ1) is 12.0. The molecule has 0 aromatic rings. The SMILES string of the molecule is CCCCCCCCN1CC[NH+](C)C1. The van der Waals surface area contributed by atoms with Crippen LogP contribution in [0.15, 0.2) is 0 Å². The van der Waals surface area contributed by atoms with Crippen LogP contribution in [0.2, 0.25) is 0 Å². The molecule has 1 saturated heterocycles. The lowest BCUT2D eigenvalue weighted by molar-refractivity contribution is -0.871. The van der Waals surface area contributed by atoms with Gasteiger partial charge in [0, 0.05) is 6.54 Å². The minimum absolute atomic E-state index is 1.27. The summed E-state index contributed by atoms with van der Waals surface area (Å²) in [5.74, 6) is 0. The van der Waals surface area contributed by atoms with E-state index in [0.29, 0.717) is 0 Å². The van der Waals surface area contributed by atoms with Crippen molar-refractivity contribution in [2.24, 2.45) is 0 Å². The molecule has 0 bridgehead atoms. The number of likely N-dealkylation sites (N-methyl/N-ethyl adjacent to an activating group) is 1. The van der Waals surface area contributed by atoms with Gasteiger partial charge in [-0.3, -0.25) is 4.90 Å².